The number of methoxy groups -OCH3 is 1. The van der Waals surface area contributed by atoms with Gasteiger partial charge in [-0.3, -0.25) is 4.79 Å². The minimum Gasteiger partial charge on any atom is -0.497 e. The van der Waals surface area contributed by atoms with E-state index in [1.54, 1.807) is 47.6 Å². The molecule has 2 heterocycles. The fourth-order valence-corrected chi connectivity index (χ4v) is 3.48. The van der Waals surface area contributed by atoms with Crippen LogP contribution >= 0.6 is 11.3 Å². The fraction of sp³-hybridized carbons (Fsp3) is 0.278. The van der Waals surface area contributed by atoms with E-state index in [1.165, 1.54) is 10.5 Å². The Hall–Kier alpha value is -2.11. The zero-order valence-electron chi connectivity index (χ0n) is 12.9. The molecule has 120 valence electrons. The smallest absolute Gasteiger partial charge is 0.256 e. The predicted octanol–water partition coefficient (Wildman–Crippen LogP) is 3.11. The molecule has 0 aliphatic carbocycles. The van der Waals surface area contributed by atoms with Crippen LogP contribution in [0.5, 0.6) is 5.75 Å². The Morgan fingerprint density at radius 2 is 2.22 bits per heavy atom. The molecule has 1 aliphatic heterocycles. The van der Waals surface area contributed by atoms with Crippen molar-refractivity contribution >= 4 is 22.8 Å². The van der Waals surface area contributed by atoms with E-state index in [4.69, 9.17) is 4.74 Å². The van der Waals surface area contributed by atoms with Gasteiger partial charge in [0, 0.05) is 18.0 Å². The van der Waals surface area contributed by atoms with Crippen molar-refractivity contribution in [3.63, 3.8) is 0 Å². The minimum absolute atomic E-state index is 0.264. The van der Waals surface area contributed by atoms with Gasteiger partial charge in [0.25, 0.3) is 5.91 Å². The quantitative estimate of drug-likeness (QED) is 0.938. The Bertz CT molecular complexity index is 709. The second-order valence-corrected chi connectivity index (χ2v) is 6.37. The van der Waals surface area contributed by atoms with Crippen LogP contribution in [0.15, 0.2) is 47.9 Å². The van der Waals surface area contributed by atoms with Crippen molar-refractivity contribution in [2.45, 2.75) is 12.5 Å². The maximum Gasteiger partial charge on any atom is 0.256 e. The van der Waals surface area contributed by atoms with Gasteiger partial charge in [-0.05, 0) is 41.1 Å². The molecule has 1 aromatic carbocycles. The van der Waals surface area contributed by atoms with Gasteiger partial charge in [-0.25, -0.2) is 0 Å². The van der Waals surface area contributed by atoms with E-state index in [1.807, 2.05) is 6.07 Å². The average Bonchev–Trinajstić information content (AvgIpc) is 3.15. The normalized spacial score (nSPS) is 15.9. The highest BCUT2D eigenvalue weighted by Crippen LogP contribution is 2.28. The molecule has 23 heavy (non-hydrogen) atoms. The predicted molar refractivity (Wildman–Crippen MR) is 91.4 cm³/mol. The molecule has 3 rings (SSSR count). The van der Waals surface area contributed by atoms with Crippen molar-refractivity contribution in [1.82, 2.24) is 4.90 Å². The summed E-state index contributed by atoms with van der Waals surface area (Å²) in [4.78, 5) is 15.5. The lowest BCUT2D eigenvalue weighted by atomic mass is 10.0. The summed E-state index contributed by atoms with van der Waals surface area (Å²) in [5.41, 5.74) is 1.84. The number of thiophene rings is 1. The van der Waals surface area contributed by atoms with Gasteiger partial charge >= 0.3 is 0 Å². The van der Waals surface area contributed by atoms with E-state index in [9.17, 15) is 9.90 Å². The molecule has 4 nitrogen and oxygen atoms in total. The number of nitrogens with zero attached hydrogens (tertiary/aromatic N) is 1. The molecule has 0 spiro atoms. The first-order valence-electron chi connectivity index (χ1n) is 7.53. The lowest BCUT2D eigenvalue weighted by Gasteiger charge is -2.28. The van der Waals surface area contributed by atoms with Crippen LogP contribution in [0.3, 0.4) is 0 Å². The molecule has 0 fully saturated rings. The first-order valence-corrected chi connectivity index (χ1v) is 8.40. The topological polar surface area (TPSA) is 49.8 Å². The molecule has 0 bridgehead atoms. The van der Waals surface area contributed by atoms with Gasteiger partial charge in [0.1, 0.15) is 5.75 Å². The first kappa shape index (κ1) is 15.8. The number of aliphatic hydroxyl groups excluding tert-OH is 1. The molecule has 0 saturated heterocycles. The van der Waals surface area contributed by atoms with Crippen LogP contribution in [-0.4, -0.2) is 36.1 Å². The number of ether oxygens (including phenoxy) is 1. The number of rotatable bonds is 4. The average molecular weight is 329 g/mol. The second kappa shape index (κ2) is 6.98. The monoisotopic (exact) mass is 329 g/mol. The second-order valence-electron chi connectivity index (χ2n) is 5.42. The van der Waals surface area contributed by atoms with Crippen molar-refractivity contribution in [1.29, 1.82) is 0 Å². The lowest BCUT2D eigenvalue weighted by Crippen LogP contribution is -2.38. The number of aliphatic hydroxyl groups is 1. The van der Waals surface area contributed by atoms with Crippen LogP contribution in [0, 0.1) is 0 Å². The molecule has 1 unspecified atom stereocenters. The fourth-order valence-electron chi connectivity index (χ4n) is 2.68. The summed E-state index contributed by atoms with van der Waals surface area (Å²) >= 11 is 1.71. The van der Waals surface area contributed by atoms with Crippen LogP contribution in [0.1, 0.15) is 23.0 Å². The molecule has 2 aromatic rings. The molecule has 1 N–H and O–H groups in total. The van der Waals surface area contributed by atoms with Gasteiger partial charge in [0.2, 0.25) is 0 Å². The van der Waals surface area contributed by atoms with Crippen molar-refractivity contribution in [2.24, 2.45) is 0 Å². The molecule has 0 radical (unpaired) electrons. The molecule has 0 saturated carbocycles. The van der Waals surface area contributed by atoms with E-state index >= 15 is 0 Å². The number of carbonyl (C=O) groups is 1. The van der Waals surface area contributed by atoms with E-state index < -0.39 is 6.10 Å². The van der Waals surface area contributed by atoms with Crippen LogP contribution < -0.4 is 4.74 Å². The van der Waals surface area contributed by atoms with E-state index in [0.717, 1.165) is 6.42 Å². The number of amides is 1. The Balaban J connectivity index is 1.69. The third kappa shape index (κ3) is 3.46. The minimum atomic E-state index is -1.15. The summed E-state index contributed by atoms with van der Waals surface area (Å²) in [5.74, 6) is 0.368. The Kier molecular flexibility index (Phi) is 4.79. The Morgan fingerprint density at radius 3 is 2.87 bits per heavy atom. The molecule has 5 heteroatoms. The summed E-state index contributed by atoms with van der Waals surface area (Å²) in [6.07, 6.45) is 1.74. The van der Waals surface area contributed by atoms with Crippen LogP contribution in [-0.2, 0) is 4.79 Å². The maximum atomic E-state index is 12.5. The zero-order chi connectivity index (χ0) is 16.2. The number of hydrogen-bond donors (Lipinski definition) is 1. The highest BCUT2D eigenvalue weighted by atomic mass is 32.1. The van der Waals surface area contributed by atoms with Gasteiger partial charge in [-0.1, -0.05) is 24.3 Å². The SMILES string of the molecule is COc1cccc(C(O)C(=O)N2CC=C(c3cccs3)CC2)c1. The van der Waals surface area contributed by atoms with E-state index in [-0.39, 0.29) is 5.91 Å². The number of hydrogen-bond acceptors (Lipinski definition) is 4. The summed E-state index contributed by atoms with van der Waals surface area (Å²) in [5, 5.41) is 12.4. The molecular formula is C18H19NO3S. The summed E-state index contributed by atoms with van der Waals surface area (Å²) in [6.45, 7) is 1.16. The van der Waals surface area contributed by atoms with E-state index in [2.05, 4.69) is 17.5 Å². The molecule has 1 amide bonds. The van der Waals surface area contributed by atoms with Crippen LogP contribution in [0.2, 0.25) is 0 Å². The molecular weight excluding hydrogens is 310 g/mol. The Morgan fingerprint density at radius 1 is 1.35 bits per heavy atom. The third-order valence-corrected chi connectivity index (χ3v) is 4.95. The Labute approximate surface area is 139 Å². The van der Waals surface area contributed by atoms with Gasteiger partial charge in [-0.15, -0.1) is 11.3 Å². The van der Waals surface area contributed by atoms with Gasteiger partial charge in [0.15, 0.2) is 6.10 Å². The summed E-state index contributed by atoms with van der Waals surface area (Å²) in [7, 11) is 1.56. The highest BCUT2D eigenvalue weighted by Gasteiger charge is 2.25. The van der Waals surface area contributed by atoms with Gasteiger partial charge in [-0.2, -0.15) is 0 Å². The molecule has 1 atom stereocenters. The number of carbonyl (C=O) groups excluding carboxylic acids is 1. The zero-order valence-corrected chi connectivity index (χ0v) is 13.8. The van der Waals surface area contributed by atoms with Crippen molar-refractivity contribution in [3.8, 4) is 5.75 Å². The third-order valence-electron chi connectivity index (χ3n) is 4.00. The summed E-state index contributed by atoms with van der Waals surface area (Å²) < 4.78 is 5.14. The lowest BCUT2D eigenvalue weighted by molar-refractivity contribution is -0.140. The van der Waals surface area contributed by atoms with Crippen molar-refractivity contribution in [3.05, 3.63) is 58.3 Å². The highest BCUT2D eigenvalue weighted by molar-refractivity contribution is 7.11. The first-order chi connectivity index (χ1) is 11.2. The van der Waals surface area contributed by atoms with E-state index in [0.29, 0.717) is 24.4 Å². The molecule has 1 aromatic heterocycles. The van der Waals surface area contributed by atoms with Crippen LogP contribution in [0.25, 0.3) is 5.57 Å². The largest absolute Gasteiger partial charge is 0.497 e. The maximum absolute atomic E-state index is 12.5. The summed E-state index contributed by atoms with van der Waals surface area (Å²) in [6, 6.07) is 11.1. The van der Waals surface area contributed by atoms with Crippen LogP contribution in [0.4, 0.5) is 0 Å². The van der Waals surface area contributed by atoms with Crippen molar-refractivity contribution < 1.29 is 14.6 Å². The van der Waals surface area contributed by atoms with Crippen molar-refractivity contribution in [2.75, 3.05) is 20.2 Å². The molecule has 1 aliphatic rings. The standard InChI is InChI=1S/C18H19NO3S/c1-22-15-5-2-4-14(12-15)17(20)18(21)19-9-7-13(8-10-19)16-6-3-11-23-16/h2-7,11-12,17,20H,8-10H2,1H3. The van der Waals surface area contributed by atoms with Gasteiger partial charge in [0.05, 0.1) is 7.11 Å². The number of benzene rings is 1. The van der Waals surface area contributed by atoms with Gasteiger partial charge < -0.3 is 14.7 Å².